The topological polar surface area (TPSA) is 0 Å². The summed E-state index contributed by atoms with van der Waals surface area (Å²) in [6.45, 7) is 4.58. The molecule has 0 radical (unpaired) electrons. The van der Waals surface area contributed by atoms with Gasteiger partial charge in [-0.25, -0.2) is 0 Å². The average Bonchev–Trinajstić information content (AvgIpc) is 2.81. The fourth-order valence-electron chi connectivity index (χ4n) is 4.77. The minimum absolute atomic E-state index is 1.08. The minimum atomic E-state index is 1.08. The second kappa shape index (κ2) is 21.6. The number of rotatable bonds is 22. The summed E-state index contributed by atoms with van der Waals surface area (Å²) < 4.78 is 0. The number of terminal acetylenes is 1. The lowest BCUT2D eigenvalue weighted by atomic mass is 9.97. The van der Waals surface area contributed by atoms with E-state index in [-0.39, 0.29) is 0 Å². The SMILES string of the molecule is C#Cc1cc(CCCCCCCCCCCC)cc(CCCCCCCCCCCC)c1. The van der Waals surface area contributed by atoms with Crippen molar-refractivity contribution in [2.24, 2.45) is 0 Å². The van der Waals surface area contributed by atoms with Crippen LogP contribution in [0.3, 0.4) is 0 Å². The van der Waals surface area contributed by atoms with Gasteiger partial charge in [-0.05, 0) is 48.9 Å². The Morgan fingerprint density at radius 1 is 0.469 bits per heavy atom. The van der Waals surface area contributed by atoms with E-state index in [1.165, 1.54) is 152 Å². The third kappa shape index (κ3) is 16.4. The quantitative estimate of drug-likeness (QED) is 0.125. The lowest BCUT2D eigenvalue weighted by Gasteiger charge is -2.08. The number of hydrogen-bond donors (Lipinski definition) is 0. The van der Waals surface area contributed by atoms with Crippen molar-refractivity contribution in [1.82, 2.24) is 0 Å². The van der Waals surface area contributed by atoms with Crippen LogP contribution in [0.5, 0.6) is 0 Å². The van der Waals surface area contributed by atoms with Crippen molar-refractivity contribution in [3.8, 4) is 12.3 Å². The van der Waals surface area contributed by atoms with E-state index in [0.29, 0.717) is 0 Å². The van der Waals surface area contributed by atoms with E-state index in [1.807, 2.05) is 0 Å². The Balaban J connectivity index is 2.14. The summed E-state index contributed by atoms with van der Waals surface area (Å²) in [6, 6.07) is 6.92. The second-order valence-electron chi connectivity index (χ2n) is 10.0. The number of unbranched alkanes of at least 4 members (excludes halogenated alkanes) is 18. The molecule has 1 aromatic rings. The van der Waals surface area contributed by atoms with Crippen molar-refractivity contribution < 1.29 is 0 Å². The number of hydrogen-bond acceptors (Lipinski definition) is 0. The molecule has 32 heavy (non-hydrogen) atoms. The molecule has 0 N–H and O–H groups in total. The number of aryl methyl sites for hydroxylation is 2. The molecule has 0 atom stereocenters. The lowest BCUT2D eigenvalue weighted by Crippen LogP contribution is -1.93. The molecule has 0 aliphatic rings. The van der Waals surface area contributed by atoms with Crippen LogP contribution in [-0.2, 0) is 12.8 Å². The molecule has 0 saturated heterocycles. The molecule has 0 heteroatoms. The molecule has 0 heterocycles. The zero-order chi connectivity index (χ0) is 23.1. The molecule has 0 saturated carbocycles. The first-order valence-corrected chi connectivity index (χ1v) is 14.4. The van der Waals surface area contributed by atoms with Gasteiger partial charge < -0.3 is 0 Å². The van der Waals surface area contributed by atoms with Gasteiger partial charge in [0.05, 0.1) is 0 Å². The zero-order valence-electron chi connectivity index (χ0n) is 21.9. The Kier molecular flexibility index (Phi) is 19.5. The predicted octanol–water partition coefficient (Wildman–Crippen LogP) is 10.6. The van der Waals surface area contributed by atoms with Gasteiger partial charge in [-0.1, -0.05) is 141 Å². The maximum absolute atomic E-state index is 5.74. The first kappa shape index (κ1) is 28.8. The molecule has 0 spiro atoms. The number of benzene rings is 1. The fraction of sp³-hybridized carbons (Fsp3) is 0.750. The van der Waals surface area contributed by atoms with E-state index in [4.69, 9.17) is 6.42 Å². The van der Waals surface area contributed by atoms with Crippen molar-refractivity contribution in [1.29, 1.82) is 0 Å². The van der Waals surface area contributed by atoms with Crippen LogP contribution >= 0.6 is 0 Å². The maximum Gasteiger partial charge on any atom is 0.0248 e. The third-order valence-corrected chi connectivity index (χ3v) is 6.86. The highest BCUT2D eigenvalue weighted by atomic mass is 14.1. The molecular formula is C32H54. The van der Waals surface area contributed by atoms with Gasteiger partial charge in [0.2, 0.25) is 0 Å². The molecule has 1 rings (SSSR count). The summed E-state index contributed by atoms with van der Waals surface area (Å²) in [6.07, 6.45) is 36.1. The van der Waals surface area contributed by atoms with Gasteiger partial charge in [-0.2, -0.15) is 0 Å². The third-order valence-electron chi connectivity index (χ3n) is 6.86. The Morgan fingerprint density at radius 3 is 1.09 bits per heavy atom. The van der Waals surface area contributed by atoms with E-state index in [2.05, 4.69) is 38.0 Å². The maximum atomic E-state index is 5.74. The van der Waals surface area contributed by atoms with Crippen LogP contribution in [0.25, 0.3) is 0 Å². The van der Waals surface area contributed by atoms with Gasteiger partial charge in [0.1, 0.15) is 0 Å². The summed E-state index contributed by atoms with van der Waals surface area (Å²) in [5.41, 5.74) is 4.00. The van der Waals surface area contributed by atoms with Crippen LogP contribution in [0.2, 0.25) is 0 Å². The van der Waals surface area contributed by atoms with Crippen LogP contribution in [0.15, 0.2) is 18.2 Å². The normalized spacial score (nSPS) is 11.0. The highest BCUT2D eigenvalue weighted by Gasteiger charge is 2.02. The van der Waals surface area contributed by atoms with Gasteiger partial charge >= 0.3 is 0 Å². The molecule has 0 aliphatic heterocycles. The molecule has 0 nitrogen and oxygen atoms in total. The van der Waals surface area contributed by atoms with Gasteiger partial charge in [-0.3, -0.25) is 0 Å². The Labute approximate surface area is 202 Å². The summed E-state index contributed by atoms with van der Waals surface area (Å²) in [5.74, 6) is 2.89. The van der Waals surface area contributed by atoms with Gasteiger partial charge in [-0.15, -0.1) is 6.42 Å². The van der Waals surface area contributed by atoms with E-state index >= 15 is 0 Å². The molecule has 182 valence electrons. The molecule has 0 aromatic heterocycles. The fourth-order valence-corrected chi connectivity index (χ4v) is 4.77. The van der Waals surface area contributed by atoms with Gasteiger partial charge in [0, 0.05) is 5.56 Å². The van der Waals surface area contributed by atoms with E-state index in [9.17, 15) is 0 Å². The first-order chi connectivity index (χ1) is 15.8. The molecule has 0 bridgehead atoms. The molecule has 0 aliphatic carbocycles. The van der Waals surface area contributed by atoms with Crippen molar-refractivity contribution in [3.05, 3.63) is 34.9 Å². The van der Waals surface area contributed by atoms with Crippen LogP contribution in [0.4, 0.5) is 0 Å². The highest BCUT2D eigenvalue weighted by Crippen LogP contribution is 2.18. The predicted molar refractivity (Wildman–Crippen MR) is 145 cm³/mol. The van der Waals surface area contributed by atoms with E-state index in [0.717, 1.165) is 5.56 Å². The summed E-state index contributed by atoms with van der Waals surface area (Å²) in [4.78, 5) is 0. The molecule has 0 unspecified atom stereocenters. The monoisotopic (exact) mass is 438 g/mol. The Morgan fingerprint density at radius 2 is 0.781 bits per heavy atom. The van der Waals surface area contributed by atoms with Crippen LogP contribution in [0, 0.1) is 12.3 Å². The van der Waals surface area contributed by atoms with Crippen LogP contribution < -0.4 is 0 Å². The van der Waals surface area contributed by atoms with Crippen molar-refractivity contribution in [3.63, 3.8) is 0 Å². The molecular weight excluding hydrogens is 384 g/mol. The summed E-state index contributed by atoms with van der Waals surface area (Å²) >= 11 is 0. The van der Waals surface area contributed by atoms with E-state index < -0.39 is 0 Å². The largest absolute Gasteiger partial charge is 0.115 e. The smallest absolute Gasteiger partial charge is 0.0248 e. The molecule has 1 aromatic carbocycles. The minimum Gasteiger partial charge on any atom is -0.115 e. The lowest BCUT2D eigenvalue weighted by molar-refractivity contribution is 0.555. The Bertz CT molecular complexity index is 534. The first-order valence-electron chi connectivity index (χ1n) is 14.4. The van der Waals surface area contributed by atoms with Crippen LogP contribution in [0.1, 0.15) is 159 Å². The second-order valence-corrected chi connectivity index (χ2v) is 10.0. The Hall–Kier alpha value is -1.22. The van der Waals surface area contributed by atoms with Crippen molar-refractivity contribution in [2.75, 3.05) is 0 Å². The highest BCUT2D eigenvalue weighted by molar-refractivity contribution is 5.39. The van der Waals surface area contributed by atoms with E-state index in [1.54, 1.807) is 0 Å². The van der Waals surface area contributed by atoms with Gasteiger partial charge in [0.25, 0.3) is 0 Å². The standard InChI is InChI=1S/C32H54/c1-4-7-9-11-13-15-17-19-21-23-25-31-27-30(6-3)28-32(29-31)26-24-22-20-18-16-14-12-10-8-5-2/h3,27-29H,4-5,7-26H2,1-2H3. The summed E-state index contributed by atoms with van der Waals surface area (Å²) in [5, 5.41) is 0. The average molecular weight is 439 g/mol. The van der Waals surface area contributed by atoms with Crippen LogP contribution in [-0.4, -0.2) is 0 Å². The van der Waals surface area contributed by atoms with Crippen molar-refractivity contribution in [2.45, 2.75) is 155 Å². The van der Waals surface area contributed by atoms with Gasteiger partial charge in [0.15, 0.2) is 0 Å². The molecule has 0 amide bonds. The molecule has 0 fully saturated rings. The van der Waals surface area contributed by atoms with Crippen molar-refractivity contribution >= 4 is 0 Å². The zero-order valence-corrected chi connectivity index (χ0v) is 21.9. The summed E-state index contributed by atoms with van der Waals surface area (Å²) in [7, 11) is 0.